The van der Waals surface area contributed by atoms with Gasteiger partial charge in [-0.3, -0.25) is 4.48 Å². The Bertz CT molecular complexity index is 658. The molecular formula is C20H24BrNO4. The summed E-state index contributed by atoms with van der Waals surface area (Å²) in [5.74, 6) is -0.804. The van der Waals surface area contributed by atoms with E-state index < -0.39 is 24.4 Å². The summed E-state index contributed by atoms with van der Waals surface area (Å²) in [5, 5.41) is 0. The smallest absolute Gasteiger partial charge is 0.342 e. The van der Waals surface area contributed by atoms with E-state index in [0.717, 1.165) is 0 Å². The summed E-state index contributed by atoms with van der Waals surface area (Å²) in [4.78, 5) is 24.5. The molecule has 6 heteroatoms. The van der Waals surface area contributed by atoms with E-state index in [4.69, 9.17) is 9.47 Å². The lowest BCUT2D eigenvalue weighted by molar-refractivity contribution is -0.970. The predicted molar refractivity (Wildman–Crippen MR) is 94.7 cm³/mol. The molecule has 0 saturated heterocycles. The Kier molecular flexibility index (Phi) is 7.99. The minimum Gasteiger partial charge on any atom is -1.00 e. The van der Waals surface area contributed by atoms with Crippen molar-refractivity contribution in [2.45, 2.75) is 26.3 Å². The molecule has 0 bridgehead atoms. The fourth-order valence-electron chi connectivity index (χ4n) is 2.16. The van der Waals surface area contributed by atoms with E-state index in [2.05, 4.69) is 0 Å². The van der Waals surface area contributed by atoms with Crippen LogP contribution in [0.3, 0.4) is 0 Å². The second-order valence-electron chi connectivity index (χ2n) is 6.37. The highest BCUT2D eigenvalue weighted by Gasteiger charge is 2.36. The number of nitrogens with zero attached hydrogens (tertiary/aromatic N) is 1. The van der Waals surface area contributed by atoms with Crippen LogP contribution in [0.25, 0.3) is 0 Å². The zero-order chi connectivity index (χ0) is 18.4. The highest BCUT2D eigenvalue weighted by Crippen LogP contribution is 2.18. The first-order valence-corrected chi connectivity index (χ1v) is 8.17. The zero-order valence-electron chi connectivity index (χ0n) is 15.4. The average Bonchev–Trinajstić information content (AvgIpc) is 2.62. The SMILES string of the molecule is CC(OC(=O)c1ccccc1)[N+](C)(C)C(C)OC(=O)c1ccccc1.[Br-]. The van der Waals surface area contributed by atoms with Crippen LogP contribution in [-0.4, -0.2) is 43.0 Å². The molecule has 0 aromatic heterocycles. The van der Waals surface area contributed by atoms with Crippen molar-refractivity contribution in [1.82, 2.24) is 0 Å². The van der Waals surface area contributed by atoms with E-state index in [-0.39, 0.29) is 21.5 Å². The number of rotatable bonds is 6. The summed E-state index contributed by atoms with van der Waals surface area (Å²) in [6, 6.07) is 17.6. The molecule has 0 aliphatic heterocycles. The lowest BCUT2D eigenvalue weighted by Gasteiger charge is -2.38. The molecule has 5 nitrogen and oxygen atoms in total. The predicted octanol–water partition coefficient (Wildman–Crippen LogP) is 0.473. The van der Waals surface area contributed by atoms with Crippen LogP contribution in [0.2, 0.25) is 0 Å². The maximum absolute atomic E-state index is 12.2. The molecule has 2 rings (SSSR count). The Morgan fingerprint density at radius 2 is 1.04 bits per heavy atom. The van der Waals surface area contributed by atoms with Gasteiger partial charge in [0, 0.05) is 13.8 Å². The number of esters is 2. The van der Waals surface area contributed by atoms with Crippen molar-refractivity contribution < 1.29 is 40.5 Å². The molecule has 2 aromatic carbocycles. The minimum atomic E-state index is -0.494. The summed E-state index contributed by atoms with van der Waals surface area (Å²) >= 11 is 0. The summed E-state index contributed by atoms with van der Waals surface area (Å²) in [5.41, 5.74) is 0.978. The van der Waals surface area contributed by atoms with Crippen molar-refractivity contribution in [3.8, 4) is 0 Å². The van der Waals surface area contributed by atoms with Gasteiger partial charge < -0.3 is 26.5 Å². The standard InChI is InChI=1S/C20H24NO4.BrH/c1-15(24-19(22)17-11-7-5-8-12-17)21(3,4)16(2)25-20(23)18-13-9-6-10-14-18;/h5-16H,1-4H3;1H/q+1;/p-1. The Hall–Kier alpha value is -2.18. The molecule has 26 heavy (non-hydrogen) atoms. The molecular weight excluding hydrogens is 398 g/mol. The number of quaternary nitrogens is 1. The monoisotopic (exact) mass is 421 g/mol. The van der Waals surface area contributed by atoms with Crippen LogP contribution in [0.15, 0.2) is 60.7 Å². The van der Waals surface area contributed by atoms with Gasteiger partial charge in [0.25, 0.3) is 0 Å². The molecule has 0 aliphatic rings. The van der Waals surface area contributed by atoms with Gasteiger partial charge in [-0.05, 0) is 24.3 Å². The van der Waals surface area contributed by atoms with Crippen LogP contribution >= 0.6 is 0 Å². The Morgan fingerprint density at radius 3 is 1.35 bits per heavy atom. The Morgan fingerprint density at radius 1 is 0.731 bits per heavy atom. The molecule has 140 valence electrons. The van der Waals surface area contributed by atoms with Gasteiger partial charge in [0.1, 0.15) is 0 Å². The Balaban J connectivity index is 0.00000338. The zero-order valence-corrected chi connectivity index (χ0v) is 17.0. The molecule has 0 N–H and O–H groups in total. The van der Waals surface area contributed by atoms with Gasteiger partial charge in [-0.25, -0.2) is 9.59 Å². The topological polar surface area (TPSA) is 52.6 Å². The third-order valence-electron chi connectivity index (χ3n) is 4.45. The van der Waals surface area contributed by atoms with E-state index in [0.29, 0.717) is 11.1 Å². The van der Waals surface area contributed by atoms with E-state index >= 15 is 0 Å². The van der Waals surface area contributed by atoms with Crippen LogP contribution in [0.5, 0.6) is 0 Å². The van der Waals surface area contributed by atoms with Crippen molar-refractivity contribution >= 4 is 11.9 Å². The number of carbonyl (C=O) groups is 2. The quantitative estimate of drug-likeness (QED) is 0.386. The molecule has 0 heterocycles. The third kappa shape index (κ3) is 5.41. The van der Waals surface area contributed by atoms with E-state index in [1.165, 1.54) is 0 Å². The fourth-order valence-corrected chi connectivity index (χ4v) is 2.16. The van der Waals surface area contributed by atoms with Gasteiger partial charge in [-0.15, -0.1) is 0 Å². The molecule has 0 aliphatic carbocycles. The highest BCUT2D eigenvalue weighted by atomic mass is 79.9. The molecule has 0 radical (unpaired) electrons. The number of hydrogen-bond acceptors (Lipinski definition) is 4. The first-order chi connectivity index (χ1) is 11.8. The summed E-state index contributed by atoms with van der Waals surface area (Å²) < 4.78 is 11.3. The lowest BCUT2D eigenvalue weighted by Crippen LogP contribution is -3.00. The van der Waals surface area contributed by atoms with Crippen LogP contribution in [-0.2, 0) is 9.47 Å². The number of carbonyl (C=O) groups excluding carboxylic acids is 2. The van der Waals surface area contributed by atoms with Gasteiger partial charge in [0.15, 0.2) is 0 Å². The Labute approximate surface area is 164 Å². The number of ether oxygens (including phenoxy) is 2. The summed E-state index contributed by atoms with van der Waals surface area (Å²) in [6.45, 7) is 3.57. The van der Waals surface area contributed by atoms with Crippen LogP contribution in [0.4, 0.5) is 0 Å². The van der Waals surface area contributed by atoms with Crippen molar-refractivity contribution in [1.29, 1.82) is 0 Å². The van der Waals surface area contributed by atoms with E-state index in [9.17, 15) is 9.59 Å². The van der Waals surface area contributed by atoms with Gasteiger partial charge in [0.2, 0.25) is 12.5 Å². The van der Waals surface area contributed by atoms with Crippen LogP contribution in [0.1, 0.15) is 34.6 Å². The van der Waals surface area contributed by atoms with Gasteiger partial charge >= 0.3 is 11.9 Å². The van der Waals surface area contributed by atoms with Crippen molar-refractivity contribution in [2.75, 3.05) is 14.1 Å². The maximum Gasteiger partial charge on any atom is 0.342 e. The summed E-state index contributed by atoms with van der Waals surface area (Å²) in [7, 11) is 3.71. The molecule has 2 aromatic rings. The number of benzene rings is 2. The average molecular weight is 422 g/mol. The number of hydrogen-bond donors (Lipinski definition) is 0. The molecule has 0 fully saturated rings. The first kappa shape index (κ1) is 21.9. The molecule has 0 spiro atoms. The van der Waals surface area contributed by atoms with Crippen molar-refractivity contribution in [3.63, 3.8) is 0 Å². The second-order valence-corrected chi connectivity index (χ2v) is 6.37. The van der Waals surface area contributed by atoms with Crippen LogP contribution in [0, 0.1) is 0 Å². The molecule has 2 unspecified atom stereocenters. The molecule has 2 atom stereocenters. The maximum atomic E-state index is 12.2. The number of halogens is 1. The lowest BCUT2D eigenvalue weighted by atomic mass is 10.2. The summed E-state index contributed by atoms with van der Waals surface area (Å²) in [6.07, 6.45) is -0.988. The van der Waals surface area contributed by atoms with Crippen molar-refractivity contribution in [3.05, 3.63) is 71.8 Å². The third-order valence-corrected chi connectivity index (χ3v) is 4.45. The first-order valence-electron chi connectivity index (χ1n) is 8.17. The highest BCUT2D eigenvalue weighted by molar-refractivity contribution is 5.89. The fraction of sp³-hybridized carbons (Fsp3) is 0.300. The van der Waals surface area contributed by atoms with Crippen molar-refractivity contribution in [2.24, 2.45) is 0 Å². The second kappa shape index (κ2) is 9.50. The van der Waals surface area contributed by atoms with Gasteiger partial charge in [-0.2, -0.15) is 0 Å². The normalized spacial score (nSPS) is 13.1. The van der Waals surface area contributed by atoms with Gasteiger partial charge in [0.05, 0.1) is 25.2 Å². The van der Waals surface area contributed by atoms with Gasteiger partial charge in [-0.1, -0.05) is 36.4 Å². The van der Waals surface area contributed by atoms with Crippen LogP contribution < -0.4 is 17.0 Å². The molecule has 0 saturated carbocycles. The van der Waals surface area contributed by atoms with E-state index in [1.807, 2.05) is 26.2 Å². The minimum absolute atomic E-state index is 0. The molecule has 0 amide bonds. The van der Waals surface area contributed by atoms with E-state index in [1.54, 1.807) is 62.4 Å². The largest absolute Gasteiger partial charge is 1.00 e.